The highest BCUT2D eigenvalue weighted by Crippen LogP contribution is 2.23. The molecule has 218 valence electrons. The first-order chi connectivity index (χ1) is 20.3. The van der Waals surface area contributed by atoms with Crippen molar-refractivity contribution in [1.29, 1.82) is 0 Å². The first-order valence-electron chi connectivity index (χ1n) is 15.0. The van der Waals surface area contributed by atoms with Crippen LogP contribution in [0.2, 0.25) is 0 Å². The van der Waals surface area contributed by atoms with Crippen molar-refractivity contribution in [2.75, 3.05) is 32.7 Å². The number of hydrogen-bond donors (Lipinski definition) is 0. The lowest BCUT2D eigenvalue weighted by Crippen LogP contribution is -2.48. The summed E-state index contributed by atoms with van der Waals surface area (Å²) in [6.45, 7) is 13.0. The molecule has 4 aromatic rings. The summed E-state index contributed by atoms with van der Waals surface area (Å²) >= 11 is 0. The van der Waals surface area contributed by atoms with Gasteiger partial charge in [0.05, 0.1) is 6.54 Å². The molecule has 0 saturated carbocycles. The van der Waals surface area contributed by atoms with Crippen molar-refractivity contribution < 1.29 is 9.21 Å². The second-order valence-corrected chi connectivity index (χ2v) is 12.2. The first kappa shape index (κ1) is 29.6. The van der Waals surface area contributed by atoms with Crippen molar-refractivity contribution in [3.05, 3.63) is 137 Å². The van der Waals surface area contributed by atoms with E-state index in [-0.39, 0.29) is 11.3 Å². The molecule has 0 atom stereocenters. The van der Waals surface area contributed by atoms with Gasteiger partial charge in [0.15, 0.2) is 5.76 Å². The quantitative estimate of drug-likeness (QED) is 0.204. The van der Waals surface area contributed by atoms with Crippen molar-refractivity contribution in [1.82, 2.24) is 14.7 Å². The van der Waals surface area contributed by atoms with Crippen LogP contribution in [0.3, 0.4) is 0 Å². The lowest BCUT2D eigenvalue weighted by atomic mass is 9.87. The van der Waals surface area contributed by atoms with E-state index in [1.807, 2.05) is 29.2 Å². The third-order valence-corrected chi connectivity index (χ3v) is 7.86. The van der Waals surface area contributed by atoms with Crippen molar-refractivity contribution in [3.63, 3.8) is 0 Å². The third kappa shape index (κ3) is 8.31. The SMILES string of the molecule is CC(C)(C)c1ccc(CN(Cc2ccccc2)Cc2ccc(C(=O)N3CCN(CC=Cc4ccccc4)CC3)o2)cc1. The number of piperazine rings is 1. The Morgan fingerprint density at radius 1 is 0.762 bits per heavy atom. The molecular formula is C37H43N3O2. The molecule has 1 aromatic heterocycles. The van der Waals surface area contributed by atoms with Crippen molar-refractivity contribution in [2.24, 2.45) is 0 Å². The maximum atomic E-state index is 13.3. The molecule has 5 nitrogen and oxygen atoms in total. The molecule has 1 amide bonds. The van der Waals surface area contributed by atoms with Gasteiger partial charge in [-0.15, -0.1) is 0 Å². The van der Waals surface area contributed by atoms with E-state index in [0.717, 1.165) is 38.5 Å². The topological polar surface area (TPSA) is 39.9 Å². The zero-order chi connectivity index (χ0) is 29.4. The van der Waals surface area contributed by atoms with Crippen LogP contribution in [0, 0.1) is 0 Å². The minimum atomic E-state index is -0.0203. The van der Waals surface area contributed by atoms with Crippen molar-refractivity contribution in [3.8, 4) is 0 Å². The number of rotatable bonds is 10. The lowest BCUT2D eigenvalue weighted by Gasteiger charge is -2.33. The number of furan rings is 1. The maximum absolute atomic E-state index is 13.3. The van der Waals surface area contributed by atoms with Crippen LogP contribution in [-0.4, -0.2) is 53.3 Å². The summed E-state index contributed by atoms with van der Waals surface area (Å²) in [5.74, 6) is 1.22. The number of nitrogens with zero attached hydrogens (tertiary/aromatic N) is 3. The number of carbonyl (C=O) groups is 1. The van der Waals surface area contributed by atoms with Gasteiger partial charge in [-0.25, -0.2) is 0 Å². The minimum Gasteiger partial charge on any atom is -0.455 e. The zero-order valence-electron chi connectivity index (χ0n) is 25.2. The molecule has 0 N–H and O–H groups in total. The van der Waals surface area contributed by atoms with Crippen LogP contribution in [-0.2, 0) is 25.0 Å². The summed E-state index contributed by atoms with van der Waals surface area (Å²) in [7, 11) is 0. The van der Waals surface area contributed by atoms with Crippen LogP contribution in [0.4, 0.5) is 0 Å². The number of amides is 1. The van der Waals surface area contributed by atoms with E-state index in [2.05, 4.69) is 116 Å². The largest absolute Gasteiger partial charge is 0.455 e. The molecule has 0 radical (unpaired) electrons. The van der Waals surface area contributed by atoms with Gasteiger partial charge in [0.25, 0.3) is 5.91 Å². The highest BCUT2D eigenvalue weighted by Gasteiger charge is 2.24. The predicted molar refractivity (Wildman–Crippen MR) is 171 cm³/mol. The highest BCUT2D eigenvalue weighted by atomic mass is 16.4. The molecule has 1 fully saturated rings. The number of hydrogen-bond acceptors (Lipinski definition) is 4. The third-order valence-electron chi connectivity index (χ3n) is 7.86. The summed E-state index contributed by atoms with van der Waals surface area (Å²) < 4.78 is 6.15. The molecule has 1 saturated heterocycles. The molecule has 2 heterocycles. The molecule has 0 bridgehead atoms. The molecule has 3 aromatic carbocycles. The van der Waals surface area contributed by atoms with Gasteiger partial charge in [-0.05, 0) is 39.8 Å². The van der Waals surface area contributed by atoms with Gasteiger partial charge >= 0.3 is 0 Å². The van der Waals surface area contributed by atoms with Crippen LogP contribution in [0.15, 0.2) is 108 Å². The predicted octanol–water partition coefficient (Wildman–Crippen LogP) is 7.25. The molecule has 42 heavy (non-hydrogen) atoms. The van der Waals surface area contributed by atoms with Gasteiger partial charge in [0, 0.05) is 45.8 Å². The lowest BCUT2D eigenvalue weighted by molar-refractivity contribution is 0.0615. The fourth-order valence-electron chi connectivity index (χ4n) is 5.37. The van der Waals surface area contributed by atoms with Crippen LogP contribution >= 0.6 is 0 Å². The molecular weight excluding hydrogens is 518 g/mol. The Labute approximate surface area is 251 Å². The number of benzene rings is 3. The Morgan fingerprint density at radius 3 is 2.02 bits per heavy atom. The standard InChI is InChI=1S/C37H43N3O2/c1-37(2,3)33-18-16-32(17-19-33)28-39(27-31-13-8-5-9-14-31)29-34-20-21-35(42-34)36(41)40-25-23-38(24-26-40)22-10-15-30-11-6-4-7-12-30/h4-21H,22-29H2,1-3H3. The Hall–Kier alpha value is -3.93. The van der Waals surface area contributed by atoms with E-state index >= 15 is 0 Å². The fraction of sp³-hybridized carbons (Fsp3) is 0.324. The smallest absolute Gasteiger partial charge is 0.289 e. The normalized spacial score (nSPS) is 14.6. The Morgan fingerprint density at radius 2 is 1.38 bits per heavy atom. The molecule has 5 rings (SSSR count). The van der Waals surface area contributed by atoms with Gasteiger partial charge in [0.2, 0.25) is 0 Å². The highest BCUT2D eigenvalue weighted by molar-refractivity contribution is 5.91. The average molecular weight is 562 g/mol. The maximum Gasteiger partial charge on any atom is 0.289 e. The molecule has 5 heteroatoms. The van der Waals surface area contributed by atoms with Crippen molar-refractivity contribution in [2.45, 2.75) is 45.8 Å². The number of carbonyl (C=O) groups excluding carboxylic acids is 1. The van der Waals surface area contributed by atoms with E-state index in [1.165, 1.54) is 22.3 Å². The van der Waals surface area contributed by atoms with Crippen LogP contribution in [0.5, 0.6) is 0 Å². The van der Waals surface area contributed by atoms with E-state index in [0.29, 0.717) is 25.4 Å². The Balaban J connectivity index is 1.18. The molecule has 1 aliphatic heterocycles. The minimum absolute atomic E-state index is 0.0203. The van der Waals surface area contributed by atoms with Crippen LogP contribution in [0.25, 0.3) is 6.08 Å². The van der Waals surface area contributed by atoms with Crippen LogP contribution < -0.4 is 0 Å². The fourth-order valence-corrected chi connectivity index (χ4v) is 5.37. The van der Waals surface area contributed by atoms with Gasteiger partial charge in [-0.3, -0.25) is 14.6 Å². The average Bonchev–Trinajstić information content (AvgIpc) is 3.46. The second kappa shape index (κ2) is 13.8. The van der Waals surface area contributed by atoms with E-state index in [1.54, 1.807) is 0 Å². The molecule has 0 spiro atoms. The summed E-state index contributed by atoms with van der Waals surface area (Å²) in [6, 6.07) is 33.6. The van der Waals surface area contributed by atoms with Gasteiger partial charge in [-0.1, -0.05) is 118 Å². The Kier molecular flexibility index (Phi) is 9.73. The van der Waals surface area contributed by atoms with Gasteiger partial charge in [0.1, 0.15) is 5.76 Å². The van der Waals surface area contributed by atoms with Crippen LogP contribution in [0.1, 0.15) is 59.3 Å². The molecule has 0 unspecified atom stereocenters. The van der Waals surface area contributed by atoms with Crippen molar-refractivity contribution >= 4 is 12.0 Å². The van der Waals surface area contributed by atoms with Gasteiger partial charge in [-0.2, -0.15) is 0 Å². The first-order valence-corrected chi connectivity index (χ1v) is 15.0. The summed E-state index contributed by atoms with van der Waals surface area (Å²) in [5.41, 5.74) is 5.19. The summed E-state index contributed by atoms with van der Waals surface area (Å²) in [6.07, 6.45) is 4.36. The molecule has 0 aliphatic carbocycles. The van der Waals surface area contributed by atoms with E-state index in [4.69, 9.17) is 4.42 Å². The monoisotopic (exact) mass is 561 g/mol. The van der Waals surface area contributed by atoms with Gasteiger partial charge < -0.3 is 9.32 Å². The Bertz CT molecular complexity index is 1430. The summed E-state index contributed by atoms with van der Waals surface area (Å²) in [4.78, 5) is 20.0. The van der Waals surface area contributed by atoms with E-state index in [9.17, 15) is 4.79 Å². The summed E-state index contributed by atoms with van der Waals surface area (Å²) in [5, 5.41) is 0. The second-order valence-electron chi connectivity index (χ2n) is 12.2. The van der Waals surface area contributed by atoms with E-state index < -0.39 is 0 Å². The zero-order valence-corrected chi connectivity index (χ0v) is 25.2. The molecule has 1 aliphatic rings.